The largest absolute Gasteiger partial charge is 0.328 e. The van der Waals surface area contributed by atoms with Crippen molar-refractivity contribution in [2.75, 3.05) is 18.5 Å². The van der Waals surface area contributed by atoms with Gasteiger partial charge in [0.2, 0.25) is 5.96 Å². The maximum absolute atomic E-state index is 13.0. The normalized spacial score (nSPS) is 24.8. The number of fused-ring (bicyclic) bond motifs is 3. The predicted octanol–water partition coefficient (Wildman–Crippen LogP) is 2.69. The van der Waals surface area contributed by atoms with Crippen LogP contribution in [0.5, 0.6) is 0 Å². The number of aliphatic imine (C=N–C) groups is 1. The van der Waals surface area contributed by atoms with Gasteiger partial charge in [-0.05, 0) is 37.6 Å². The average Bonchev–Trinajstić information content (AvgIpc) is 3.12. The van der Waals surface area contributed by atoms with Crippen molar-refractivity contribution < 1.29 is 9.59 Å². The highest BCUT2D eigenvalue weighted by Crippen LogP contribution is 2.36. The third kappa shape index (κ3) is 2.30. The minimum absolute atomic E-state index is 0.194. The van der Waals surface area contributed by atoms with Crippen molar-refractivity contribution in [2.45, 2.75) is 32.5 Å². The van der Waals surface area contributed by atoms with Crippen LogP contribution in [-0.2, 0) is 4.79 Å². The number of urea groups is 1. The van der Waals surface area contributed by atoms with Gasteiger partial charge < -0.3 is 9.80 Å². The van der Waals surface area contributed by atoms with Crippen molar-refractivity contribution in [1.29, 1.82) is 0 Å². The molecule has 1 aromatic rings. The maximum Gasteiger partial charge on any atom is 0.328 e. The van der Waals surface area contributed by atoms with E-state index in [4.69, 9.17) is 16.6 Å². The number of carbonyl (C=O) groups is 2. The van der Waals surface area contributed by atoms with E-state index in [9.17, 15) is 9.59 Å². The number of anilines is 1. The van der Waals surface area contributed by atoms with Crippen LogP contribution < -0.4 is 4.90 Å². The van der Waals surface area contributed by atoms with E-state index in [-0.39, 0.29) is 11.9 Å². The zero-order chi connectivity index (χ0) is 18.6. The van der Waals surface area contributed by atoms with Gasteiger partial charge in [-0.15, -0.1) is 0 Å². The molecule has 4 rings (SSSR count). The summed E-state index contributed by atoms with van der Waals surface area (Å²) < 4.78 is 0. The number of amides is 3. The molecule has 7 nitrogen and oxygen atoms in total. The standard InChI is InChI=1S/C18H20ClN5O2/c1-4-9-22-16(25)14-15(21(3)18(22)26)20-17-23(14)10-11(2)24(17)13-7-5-12(19)6-8-13/h5-8,10,14-15H,4,9H2,1-3H3. The highest BCUT2D eigenvalue weighted by Gasteiger charge is 2.54. The highest BCUT2D eigenvalue weighted by molar-refractivity contribution is 6.30. The zero-order valence-corrected chi connectivity index (χ0v) is 15.6. The van der Waals surface area contributed by atoms with Gasteiger partial charge >= 0.3 is 6.03 Å². The minimum Gasteiger partial charge on any atom is -0.302 e. The van der Waals surface area contributed by atoms with E-state index in [0.29, 0.717) is 17.5 Å². The molecule has 2 unspecified atom stereocenters. The van der Waals surface area contributed by atoms with Crippen LogP contribution >= 0.6 is 11.6 Å². The Kier molecular flexibility index (Phi) is 3.91. The number of carbonyl (C=O) groups excluding carboxylic acids is 2. The van der Waals surface area contributed by atoms with Gasteiger partial charge in [0.25, 0.3) is 5.91 Å². The number of imide groups is 1. The molecule has 3 aliphatic heterocycles. The van der Waals surface area contributed by atoms with E-state index in [0.717, 1.165) is 17.8 Å². The van der Waals surface area contributed by atoms with Crippen molar-refractivity contribution >= 4 is 35.2 Å². The summed E-state index contributed by atoms with van der Waals surface area (Å²) in [7, 11) is 1.70. The van der Waals surface area contributed by atoms with Gasteiger partial charge in [0.1, 0.15) is 0 Å². The summed E-state index contributed by atoms with van der Waals surface area (Å²) in [6, 6.07) is 6.65. The lowest BCUT2D eigenvalue weighted by molar-refractivity contribution is -0.136. The summed E-state index contributed by atoms with van der Waals surface area (Å²) in [6.45, 7) is 4.33. The smallest absolute Gasteiger partial charge is 0.302 e. The molecular weight excluding hydrogens is 354 g/mol. The molecule has 8 heteroatoms. The number of halogens is 1. The summed E-state index contributed by atoms with van der Waals surface area (Å²) in [5.74, 6) is 0.465. The van der Waals surface area contributed by atoms with Crippen LogP contribution in [0.1, 0.15) is 20.3 Å². The third-order valence-electron chi connectivity index (χ3n) is 4.92. The van der Waals surface area contributed by atoms with Crippen LogP contribution in [0, 0.1) is 0 Å². The Morgan fingerprint density at radius 1 is 1.19 bits per heavy atom. The minimum atomic E-state index is -0.522. The Labute approximate surface area is 157 Å². The Morgan fingerprint density at radius 2 is 1.88 bits per heavy atom. The Bertz CT molecular complexity index is 834. The fourth-order valence-corrected chi connectivity index (χ4v) is 3.82. The maximum atomic E-state index is 13.0. The number of hydrogen-bond donors (Lipinski definition) is 0. The number of benzene rings is 1. The Balaban J connectivity index is 1.72. The SMILES string of the molecule is CCCN1C(=O)C2C(N=C3N(c4ccc(Cl)cc4)C(C)=CN32)N(C)C1=O. The van der Waals surface area contributed by atoms with E-state index in [1.165, 1.54) is 4.90 Å². The van der Waals surface area contributed by atoms with Crippen molar-refractivity contribution in [3.8, 4) is 0 Å². The first-order chi connectivity index (χ1) is 12.4. The highest BCUT2D eigenvalue weighted by atomic mass is 35.5. The van der Waals surface area contributed by atoms with Gasteiger partial charge in [0.05, 0.1) is 0 Å². The molecule has 0 aliphatic carbocycles. The lowest BCUT2D eigenvalue weighted by Crippen LogP contribution is -2.64. The van der Waals surface area contributed by atoms with Gasteiger partial charge in [-0.25, -0.2) is 9.79 Å². The van der Waals surface area contributed by atoms with Crippen LogP contribution in [0.2, 0.25) is 5.02 Å². The van der Waals surface area contributed by atoms with Gasteiger partial charge in [-0.3, -0.25) is 14.6 Å². The van der Waals surface area contributed by atoms with Crippen molar-refractivity contribution in [3.05, 3.63) is 41.2 Å². The Morgan fingerprint density at radius 3 is 2.54 bits per heavy atom. The molecule has 0 radical (unpaired) electrons. The van der Waals surface area contributed by atoms with E-state index in [1.54, 1.807) is 11.9 Å². The second kappa shape index (κ2) is 6.02. The first-order valence-corrected chi connectivity index (χ1v) is 9.00. The summed E-state index contributed by atoms with van der Waals surface area (Å²) in [5.41, 5.74) is 1.87. The van der Waals surface area contributed by atoms with Crippen molar-refractivity contribution in [2.24, 2.45) is 4.99 Å². The van der Waals surface area contributed by atoms with Gasteiger partial charge in [-0.1, -0.05) is 18.5 Å². The second-order valence-electron chi connectivity index (χ2n) is 6.66. The molecule has 0 spiro atoms. The third-order valence-corrected chi connectivity index (χ3v) is 5.17. The number of hydrogen-bond acceptors (Lipinski definition) is 5. The summed E-state index contributed by atoms with van der Waals surface area (Å²) in [4.78, 5) is 37.0. The van der Waals surface area contributed by atoms with E-state index < -0.39 is 12.2 Å². The molecule has 26 heavy (non-hydrogen) atoms. The van der Waals surface area contributed by atoms with Crippen LogP contribution in [-0.4, -0.2) is 58.4 Å². The molecule has 0 saturated carbocycles. The quantitative estimate of drug-likeness (QED) is 0.817. The molecule has 1 saturated heterocycles. The van der Waals surface area contributed by atoms with Crippen molar-refractivity contribution in [3.63, 3.8) is 0 Å². The summed E-state index contributed by atoms with van der Waals surface area (Å²) >= 11 is 6.00. The topological polar surface area (TPSA) is 59.5 Å². The second-order valence-corrected chi connectivity index (χ2v) is 7.10. The molecule has 1 fully saturated rings. The fraction of sp³-hybridized carbons (Fsp3) is 0.389. The molecule has 3 amide bonds. The summed E-state index contributed by atoms with van der Waals surface area (Å²) in [6.07, 6.45) is 2.13. The number of guanidine groups is 1. The van der Waals surface area contributed by atoms with Crippen LogP contribution in [0.3, 0.4) is 0 Å². The van der Waals surface area contributed by atoms with Crippen molar-refractivity contribution in [1.82, 2.24) is 14.7 Å². The van der Waals surface area contributed by atoms with Crippen LogP contribution in [0.15, 0.2) is 41.2 Å². The van der Waals surface area contributed by atoms with E-state index in [2.05, 4.69) is 0 Å². The summed E-state index contributed by atoms with van der Waals surface area (Å²) in [5, 5.41) is 0.657. The molecule has 0 bridgehead atoms. The van der Waals surface area contributed by atoms with Crippen LogP contribution in [0.4, 0.5) is 10.5 Å². The van der Waals surface area contributed by atoms with Gasteiger partial charge in [0.15, 0.2) is 12.2 Å². The monoisotopic (exact) mass is 373 g/mol. The lowest BCUT2D eigenvalue weighted by Gasteiger charge is -2.40. The number of likely N-dealkylation sites (N-methyl/N-ethyl adjacent to an activating group) is 1. The average molecular weight is 374 g/mol. The molecule has 1 aromatic carbocycles. The molecule has 0 aromatic heterocycles. The molecular formula is C18H20ClN5O2. The zero-order valence-electron chi connectivity index (χ0n) is 14.9. The van der Waals surface area contributed by atoms with E-state index >= 15 is 0 Å². The number of rotatable bonds is 3. The number of nitrogens with zero attached hydrogens (tertiary/aromatic N) is 5. The van der Waals surface area contributed by atoms with Crippen LogP contribution in [0.25, 0.3) is 0 Å². The fourth-order valence-electron chi connectivity index (χ4n) is 3.69. The molecule has 0 N–H and O–H groups in total. The predicted molar refractivity (Wildman–Crippen MR) is 99.7 cm³/mol. The van der Waals surface area contributed by atoms with Gasteiger partial charge in [-0.2, -0.15) is 0 Å². The molecule has 2 atom stereocenters. The molecule has 3 aliphatic rings. The van der Waals surface area contributed by atoms with E-state index in [1.807, 2.05) is 54.1 Å². The first-order valence-electron chi connectivity index (χ1n) is 8.62. The number of allylic oxidation sites excluding steroid dienone is 1. The lowest BCUT2D eigenvalue weighted by atomic mass is 10.1. The Hall–Kier alpha value is -2.54. The van der Waals surface area contributed by atoms with Gasteiger partial charge in [0, 0.05) is 36.2 Å². The molecule has 3 heterocycles. The first kappa shape index (κ1) is 16.9. The molecule has 136 valence electrons.